The van der Waals surface area contributed by atoms with Crippen LogP contribution in [-0.2, 0) is 9.53 Å². The van der Waals surface area contributed by atoms with E-state index in [2.05, 4.69) is 15.9 Å². The average Bonchev–Trinajstić information content (AvgIpc) is 2.58. The molecule has 7 nitrogen and oxygen atoms in total. The van der Waals surface area contributed by atoms with Crippen molar-refractivity contribution in [1.29, 1.82) is 0 Å². The highest BCUT2D eigenvalue weighted by atomic mass is 79.9. The summed E-state index contributed by atoms with van der Waals surface area (Å²) in [7, 11) is 0. The first-order valence-corrected chi connectivity index (χ1v) is 7.56. The highest BCUT2D eigenvalue weighted by molar-refractivity contribution is 9.10. The van der Waals surface area contributed by atoms with E-state index < -0.39 is 17.5 Å². The van der Waals surface area contributed by atoms with Crippen LogP contribution >= 0.6 is 15.9 Å². The molecule has 0 heterocycles. The third-order valence-corrected chi connectivity index (χ3v) is 3.46. The Kier molecular flexibility index (Phi) is 6.02. The van der Waals surface area contributed by atoms with Gasteiger partial charge < -0.3 is 9.47 Å². The molecule has 124 valence electrons. The zero-order valence-corrected chi connectivity index (χ0v) is 13.9. The fourth-order valence-electron chi connectivity index (χ4n) is 1.71. The van der Waals surface area contributed by atoms with Crippen molar-refractivity contribution in [3.05, 3.63) is 68.7 Å². The Hall–Kier alpha value is -2.74. The molecule has 0 spiro atoms. The van der Waals surface area contributed by atoms with Crippen LogP contribution in [0.1, 0.15) is 10.4 Å². The van der Waals surface area contributed by atoms with Gasteiger partial charge in [-0.1, -0.05) is 28.1 Å². The van der Waals surface area contributed by atoms with Crippen molar-refractivity contribution in [1.82, 2.24) is 0 Å². The van der Waals surface area contributed by atoms with Crippen molar-refractivity contribution >= 4 is 33.4 Å². The summed E-state index contributed by atoms with van der Waals surface area (Å²) in [5, 5.41) is 10.5. The third-order valence-electron chi connectivity index (χ3n) is 2.93. The minimum Gasteiger partial charge on any atom is -0.482 e. The van der Waals surface area contributed by atoms with E-state index in [1.165, 1.54) is 24.3 Å². The number of carbonyl (C=O) groups is 2. The number of hydrogen-bond acceptors (Lipinski definition) is 6. The Morgan fingerprint density at radius 2 is 1.62 bits per heavy atom. The van der Waals surface area contributed by atoms with Crippen LogP contribution in [0.3, 0.4) is 0 Å². The Labute approximate surface area is 145 Å². The molecule has 0 saturated heterocycles. The first-order valence-electron chi connectivity index (χ1n) is 6.77. The number of nitro benzene ring substituents is 1. The summed E-state index contributed by atoms with van der Waals surface area (Å²) in [5.74, 6) is -0.748. The largest absolute Gasteiger partial charge is 0.482 e. The SMILES string of the molecule is O=C(COc1ccc([N+](=O)[O-])cc1)OCC(=O)c1ccc(Br)cc1. The second kappa shape index (κ2) is 8.21. The molecule has 0 radical (unpaired) electrons. The molecule has 2 aromatic rings. The molecular formula is C16H12BrNO6. The highest BCUT2D eigenvalue weighted by Gasteiger charge is 2.11. The first-order chi connectivity index (χ1) is 11.5. The topological polar surface area (TPSA) is 95.7 Å². The van der Waals surface area contributed by atoms with Crippen LogP contribution in [0.15, 0.2) is 53.0 Å². The molecule has 2 aromatic carbocycles. The number of nitrogens with zero attached hydrogens (tertiary/aromatic N) is 1. The van der Waals surface area contributed by atoms with E-state index in [4.69, 9.17) is 9.47 Å². The molecule has 24 heavy (non-hydrogen) atoms. The van der Waals surface area contributed by atoms with Crippen LogP contribution in [0.4, 0.5) is 5.69 Å². The number of Topliss-reactive ketones (excluding diaryl/α,β-unsaturated/α-hetero) is 1. The fraction of sp³-hybridized carbons (Fsp3) is 0.125. The van der Waals surface area contributed by atoms with Gasteiger partial charge in [-0.15, -0.1) is 0 Å². The molecule has 0 aliphatic heterocycles. The van der Waals surface area contributed by atoms with Crippen molar-refractivity contribution in [2.24, 2.45) is 0 Å². The quantitative estimate of drug-likeness (QED) is 0.310. The molecule has 0 saturated carbocycles. The zero-order valence-electron chi connectivity index (χ0n) is 12.3. The fourth-order valence-corrected chi connectivity index (χ4v) is 1.98. The smallest absolute Gasteiger partial charge is 0.344 e. The summed E-state index contributed by atoms with van der Waals surface area (Å²) in [6.45, 7) is -0.782. The molecule has 0 unspecified atom stereocenters. The molecule has 0 aliphatic carbocycles. The second-order valence-corrected chi connectivity index (χ2v) is 5.55. The highest BCUT2D eigenvalue weighted by Crippen LogP contribution is 2.17. The van der Waals surface area contributed by atoms with Gasteiger partial charge in [0.05, 0.1) is 4.92 Å². The Morgan fingerprint density at radius 1 is 1.00 bits per heavy atom. The molecule has 0 amide bonds. The molecule has 0 aliphatic rings. The minimum atomic E-state index is -0.709. The van der Waals surface area contributed by atoms with Crippen LogP contribution in [-0.4, -0.2) is 29.9 Å². The first kappa shape index (κ1) is 17.6. The summed E-state index contributed by atoms with van der Waals surface area (Å²) in [4.78, 5) is 33.4. The summed E-state index contributed by atoms with van der Waals surface area (Å²) in [5.41, 5.74) is 0.354. The van der Waals surface area contributed by atoms with Crippen molar-refractivity contribution in [2.75, 3.05) is 13.2 Å². The number of ether oxygens (including phenoxy) is 2. The third kappa shape index (κ3) is 5.17. The van der Waals surface area contributed by atoms with Gasteiger partial charge in [-0.3, -0.25) is 14.9 Å². The Bertz CT molecular complexity index is 742. The van der Waals surface area contributed by atoms with E-state index in [0.29, 0.717) is 5.56 Å². The summed E-state index contributed by atoms with van der Waals surface area (Å²) in [6.07, 6.45) is 0. The molecule has 0 bridgehead atoms. The maximum absolute atomic E-state index is 11.8. The summed E-state index contributed by atoms with van der Waals surface area (Å²) >= 11 is 3.26. The predicted molar refractivity (Wildman–Crippen MR) is 88.0 cm³/mol. The van der Waals surface area contributed by atoms with Gasteiger partial charge in [-0.05, 0) is 24.3 Å². The summed E-state index contributed by atoms with van der Waals surface area (Å²) < 4.78 is 10.8. The molecule has 0 N–H and O–H groups in total. The number of hydrogen-bond donors (Lipinski definition) is 0. The monoisotopic (exact) mass is 393 g/mol. The van der Waals surface area contributed by atoms with Crippen LogP contribution in [0, 0.1) is 10.1 Å². The number of halogens is 1. The molecule has 8 heteroatoms. The zero-order chi connectivity index (χ0) is 17.5. The van der Waals surface area contributed by atoms with Gasteiger partial charge in [0.15, 0.2) is 19.0 Å². The number of benzene rings is 2. The number of non-ortho nitro benzene ring substituents is 1. The lowest BCUT2D eigenvalue weighted by atomic mass is 10.1. The van der Waals surface area contributed by atoms with Crippen LogP contribution in [0.2, 0.25) is 0 Å². The van der Waals surface area contributed by atoms with E-state index >= 15 is 0 Å². The van der Waals surface area contributed by atoms with Gasteiger partial charge in [0.25, 0.3) is 5.69 Å². The summed E-state index contributed by atoms with van der Waals surface area (Å²) in [6, 6.07) is 11.9. The number of nitro groups is 1. The van der Waals surface area contributed by atoms with Gasteiger partial charge in [-0.2, -0.15) is 0 Å². The lowest BCUT2D eigenvalue weighted by molar-refractivity contribution is -0.384. The van der Waals surface area contributed by atoms with E-state index in [1.807, 2.05) is 0 Å². The normalized spacial score (nSPS) is 10.0. The standard InChI is InChI=1S/C16H12BrNO6/c17-12-3-1-11(2-4-12)15(19)9-24-16(20)10-23-14-7-5-13(6-8-14)18(21)22/h1-8H,9-10H2. The number of rotatable bonds is 7. The van der Waals surface area contributed by atoms with Crippen LogP contribution < -0.4 is 4.74 Å². The maximum Gasteiger partial charge on any atom is 0.344 e. The van der Waals surface area contributed by atoms with Gasteiger partial charge in [0.2, 0.25) is 0 Å². The number of carbonyl (C=O) groups excluding carboxylic acids is 2. The van der Waals surface area contributed by atoms with Crippen molar-refractivity contribution < 1.29 is 24.0 Å². The van der Waals surface area contributed by atoms with Crippen molar-refractivity contribution in [3.8, 4) is 5.75 Å². The lowest BCUT2D eigenvalue weighted by Gasteiger charge is -2.06. The molecular weight excluding hydrogens is 382 g/mol. The van der Waals surface area contributed by atoms with E-state index in [0.717, 1.165) is 4.47 Å². The predicted octanol–water partition coefficient (Wildman–Crippen LogP) is 3.16. The molecule has 0 atom stereocenters. The van der Waals surface area contributed by atoms with Gasteiger partial charge in [0, 0.05) is 22.2 Å². The maximum atomic E-state index is 11.8. The van der Waals surface area contributed by atoms with E-state index in [1.54, 1.807) is 24.3 Å². The second-order valence-electron chi connectivity index (χ2n) is 4.63. The minimum absolute atomic E-state index is 0.0787. The van der Waals surface area contributed by atoms with E-state index in [-0.39, 0.29) is 23.8 Å². The van der Waals surface area contributed by atoms with Gasteiger partial charge in [-0.25, -0.2) is 4.79 Å². The average molecular weight is 394 g/mol. The van der Waals surface area contributed by atoms with Crippen molar-refractivity contribution in [2.45, 2.75) is 0 Å². The molecule has 0 fully saturated rings. The van der Waals surface area contributed by atoms with Crippen LogP contribution in [0.25, 0.3) is 0 Å². The van der Waals surface area contributed by atoms with Crippen LogP contribution in [0.5, 0.6) is 5.75 Å². The molecule has 2 rings (SSSR count). The number of esters is 1. The molecule has 0 aromatic heterocycles. The van der Waals surface area contributed by atoms with Crippen molar-refractivity contribution in [3.63, 3.8) is 0 Å². The van der Waals surface area contributed by atoms with Gasteiger partial charge in [0.1, 0.15) is 5.75 Å². The van der Waals surface area contributed by atoms with E-state index in [9.17, 15) is 19.7 Å². The lowest BCUT2D eigenvalue weighted by Crippen LogP contribution is -2.19. The Balaban J connectivity index is 1.77. The Morgan fingerprint density at radius 3 is 2.21 bits per heavy atom. The number of ketones is 1. The van der Waals surface area contributed by atoms with Gasteiger partial charge >= 0.3 is 5.97 Å².